The van der Waals surface area contributed by atoms with Crippen LogP contribution in [0.5, 0.6) is 0 Å². The highest BCUT2D eigenvalue weighted by molar-refractivity contribution is 7.92. The van der Waals surface area contributed by atoms with Gasteiger partial charge in [-0.3, -0.25) is 0 Å². The molecule has 0 bridgehead atoms. The first-order valence-corrected chi connectivity index (χ1v) is 8.14. The summed E-state index contributed by atoms with van der Waals surface area (Å²) in [6.45, 7) is 5.51. The first kappa shape index (κ1) is 15.2. The van der Waals surface area contributed by atoms with Crippen molar-refractivity contribution >= 4 is 9.84 Å². The summed E-state index contributed by atoms with van der Waals surface area (Å²) in [5.41, 5.74) is 8.12. The lowest BCUT2D eigenvalue weighted by Gasteiger charge is -2.15. The van der Waals surface area contributed by atoms with Gasteiger partial charge in [0.05, 0.1) is 11.0 Å². The van der Waals surface area contributed by atoms with Crippen LogP contribution >= 0.6 is 0 Å². The van der Waals surface area contributed by atoms with Crippen LogP contribution in [0, 0.1) is 0 Å². The molecule has 0 aliphatic carbocycles. The van der Waals surface area contributed by atoms with Gasteiger partial charge in [0.1, 0.15) is 0 Å². The molecule has 0 aromatic heterocycles. The summed E-state index contributed by atoms with van der Waals surface area (Å²) in [7, 11) is -3.09. The van der Waals surface area contributed by atoms with E-state index in [1.165, 1.54) is 5.56 Å². The smallest absolute Gasteiger partial charge is 0.154 e. The van der Waals surface area contributed by atoms with E-state index in [0.717, 1.165) is 18.4 Å². The molecule has 1 aromatic rings. The minimum atomic E-state index is -3.09. The van der Waals surface area contributed by atoms with Crippen LogP contribution in [0.1, 0.15) is 44.4 Å². The van der Waals surface area contributed by atoms with E-state index in [0.29, 0.717) is 0 Å². The molecular formula is C14H23NO2S. The van der Waals surface area contributed by atoms with Crippen LogP contribution in [0.3, 0.4) is 0 Å². The van der Waals surface area contributed by atoms with Gasteiger partial charge in [-0.15, -0.1) is 0 Å². The Bertz CT molecular complexity index is 463. The second kappa shape index (κ2) is 6.34. The third-order valence-corrected chi connectivity index (χ3v) is 5.34. The Labute approximate surface area is 110 Å². The molecule has 2 N–H and O–H groups in total. The summed E-state index contributed by atoms with van der Waals surface area (Å²) in [5.74, 6) is 0.0117. The fourth-order valence-electron chi connectivity index (χ4n) is 1.76. The summed E-state index contributed by atoms with van der Waals surface area (Å²) in [4.78, 5) is 0. The van der Waals surface area contributed by atoms with Crippen LogP contribution in [0.4, 0.5) is 0 Å². The van der Waals surface area contributed by atoms with Crippen LogP contribution in [0.2, 0.25) is 0 Å². The van der Waals surface area contributed by atoms with E-state index >= 15 is 0 Å². The van der Waals surface area contributed by atoms with E-state index in [-0.39, 0.29) is 11.0 Å². The third kappa shape index (κ3) is 4.10. The van der Waals surface area contributed by atoms with E-state index in [1.807, 2.05) is 24.3 Å². The molecule has 1 aromatic carbocycles. The Balaban J connectivity index is 2.76. The SMILES string of the molecule is CCCc1ccc(C(N)CS(=O)(=O)C(C)C)cc1. The zero-order valence-corrected chi connectivity index (χ0v) is 12.2. The lowest BCUT2D eigenvalue weighted by Crippen LogP contribution is -2.26. The lowest BCUT2D eigenvalue weighted by atomic mass is 10.0. The fourth-order valence-corrected chi connectivity index (χ4v) is 2.84. The number of rotatable bonds is 6. The second-order valence-electron chi connectivity index (χ2n) is 4.98. The highest BCUT2D eigenvalue weighted by Crippen LogP contribution is 2.16. The lowest BCUT2D eigenvalue weighted by molar-refractivity contribution is 0.580. The second-order valence-corrected chi connectivity index (χ2v) is 7.58. The van der Waals surface area contributed by atoms with Gasteiger partial charge in [0.2, 0.25) is 0 Å². The molecule has 0 saturated heterocycles. The summed E-state index contributed by atoms with van der Waals surface area (Å²) in [6, 6.07) is 7.49. The van der Waals surface area contributed by atoms with Gasteiger partial charge >= 0.3 is 0 Å². The van der Waals surface area contributed by atoms with Gasteiger partial charge in [-0.1, -0.05) is 37.6 Å². The maximum absolute atomic E-state index is 11.8. The Morgan fingerprint density at radius 2 is 1.72 bits per heavy atom. The van der Waals surface area contributed by atoms with Crippen molar-refractivity contribution in [2.45, 2.75) is 44.9 Å². The van der Waals surface area contributed by atoms with Crippen LogP contribution in [0.25, 0.3) is 0 Å². The zero-order valence-electron chi connectivity index (χ0n) is 11.4. The number of hydrogen-bond donors (Lipinski definition) is 1. The highest BCUT2D eigenvalue weighted by atomic mass is 32.2. The largest absolute Gasteiger partial charge is 0.323 e. The first-order chi connectivity index (χ1) is 8.36. The van der Waals surface area contributed by atoms with Crippen molar-refractivity contribution in [1.29, 1.82) is 0 Å². The maximum Gasteiger partial charge on any atom is 0.154 e. The number of hydrogen-bond acceptors (Lipinski definition) is 3. The Morgan fingerprint density at radius 1 is 1.17 bits per heavy atom. The molecule has 0 spiro atoms. The highest BCUT2D eigenvalue weighted by Gasteiger charge is 2.20. The number of benzene rings is 1. The quantitative estimate of drug-likeness (QED) is 0.863. The van der Waals surface area contributed by atoms with Crippen molar-refractivity contribution in [2.24, 2.45) is 5.73 Å². The molecule has 18 heavy (non-hydrogen) atoms. The first-order valence-electron chi connectivity index (χ1n) is 6.42. The van der Waals surface area contributed by atoms with Crippen molar-refractivity contribution in [2.75, 3.05) is 5.75 Å². The van der Waals surface area contributed by atoms with Gasteiger partial charge in [-0.2, -0.15) is 0 Å². The molecule has 1 rings (SSSR count). The van der Waals surface area contributed by atoms with E-state index < -0.39 is 15.9 Å². The molecule has 4 heteroatoms. The molecule has 0 aliphatic rings. The standard InChI is InChI=1S/C14H23NO2S/c1-4-5-12-6-8-13(9-7-12)14(15)10-18(16,17)11(2)3/h6-9,11,14H,4-5,10,15H2,1-3H3. The fraction of sp³-hybridized carbons (Fsp3) is 0.571. The molecule has 0 radical (unpaired) electrons. The molecular weight excluding hydrogens is 246 g/mol. The van der Waals surface area contributed by atoms with Crippen LogP contribution in [-0.2, 0) is 16.3 Å². The van der Waals surface area contributed by atoms with Gasteiger partial charge < -0.3 is 5.73 Å². The summed E-state index contributed by atoms with van der Waals surface area (Å²) in [6.07, 6.45) is 2.15. The maximum atomic E-state index is 11.8. The summed E-state index contributed by atoms with van der Waals surface area (Å²) in [5, 5.41) is -0.372. The molecule has 0 fully saturated rings. The minimum absolute atomic E-state index is 0.0117. The van der Waals surface area contributed by atoms with E-state index in [4.69, 9.17) is 5.73 Å². The van der Waals surface area contributed by atoms with Gasteiger partial charge in [-0.05, 0) is 31.4 Å². The van der Waals surface area contributed by atoms with Crippen molar-refractivity contribution < 1.29 is 8.42 Å². The monoisotopic (exact) mass is 269 g/mol. The average Bonchev–Trinajstić information content (AvgIpc) is 2.29. The Morgan fingerprint density at radius 3 is 2.17 bits per heavy atom. The number of sulfone groups is 1. The minimum Gasteiger partial charge on any atom is -0.323 e. The number of nitrogens with two attached hydrogens (primary N) is 1. The predicted molar refractivity (Wildman–Crippen MR) is 76.3 cm³/mol. The van der Waals surface area contributed by atoms with Crippen LogP contribution in [0.15, 0.2) is 24.3 Å². The summed E-state index contributed by atoms with van der Waals surface area (Å²) >= 11 is 0. The van der Waals surface area contributed by atoms with E-state index in [1.54, 1.807) is 13.8 Å². The van der Waals surface area contributed by atoms with Crippen molar-refractivity contribution in [3.05, 3.63) is 35.4 Å². The van der Waals surface area contributed by atoms with Crippen molar-refractivity contribution in [3.63, 3.8) is 0 Å². The normalized spacial score (nSPS) is 13.8. The van der Waals surface area contributed by atoms with E-state index in [2.05, 4.69) is 6.92 Å². The van der Waals surface area contributed by atoms with Gasteiger partial charge in [0, 0.05) is 6.04 Å². The predicted octanol–water partition coefficient (Wildman–Crippen LogP) is 2.46. The van der Waals surface area contributed by atoms with Crippen molar-refractivity contribution in [3.8, 4) is 0 Å². The van der Waals surface area contributed by atoms with E-state index in [9.17, 15) is 8.42 Å². The molecule has 102 valence electrons. The average molecular weight is 269 g/mol. The zero-order chi connectivity index (χ0) is 13.8. The van der Waals surface area contributed by atoms with Gasteiger partial charge in [0.15, 0.2) is 9.84 Å². The molecule has 3 nitrogen and oxygen atoms in total. The number of aryl methyl sites for hydroxylation is 1. The molecule has 0 aliphatic heterocycles. The molecule has 1 unspecified atom stereocenters. The van der Waals surface area contributed by atoms with Gasteiger partial charge in [0.25, 0.3) is 0 Å². The molecule has 0 amide bonds. The Hall–Kier alpha value is -0.870. The Kier molecular flexibility index (Phi) is 5.35. The van der Waals surface area contributed by atoms with Crippen LogP contribution in [-0.4, -0.2) is 19.4 Å². The third-order valence-electron chi connectivity index (χ3n) is 3.08. The molecule has 0 heterocycles. The molecule has 0 saturated carbocycles. The summed E-state index contributed by atoms with van der Waals surface area (Å²) < 4.78 is 23.6. The molecule has 1 atom stereocenters. The topological polar surface area (TPSA) is 60.2 Å². The van der Waals surface area contributed by atoms with Gasteiger partial charge in [-0.25, -0.2) is 8.42 Å². The van der Waals surface area contributed by atoms with Crippen molar-refractivity contribution in [1.82, 2.24) is 0 Å². The van der Waals surface area contributed by atoms with Crippen LogP contribution < -0.4 is 5.73 Å².